The summed E-state index contributed by atoms with van der Waals surface area (Å²) >= 11 is 0. The van der Waals surface area contributed by atoms with Gasteiger partial charge in [-0.3, -0.25) is 4.79 Å². The van der Waals surface area contributed by atoms with Crippen LogP contribution in [0.5, 0.6) is 5.75 Å². The molecule has 2 aromatic rings. The Bertz CT molecular complexity index is 649. The number of esters is 1. The molecule has 2 rings (SSSR count). The number of carbonyl (C=O) groups is 1. The van der Waals surface area contributed by atoms with E-state index in [1.54, 1.807) is 0 Å². The van der Waals surface area contributed by atoms with E-state index in [9.17, 15) is 4.79 Å². The molecule has 0 saturated carbocycles. The number of carbonyl (C=O) groups excluding carboxylic acids is 1. The van der Waals surface area contributed by atoms with E-state index in [-0.39, 0.29) is 12.1 Å². The van der Waals surface area contributed by atoms with E-state index >= 15 is 0 Å². The van der Waals surface area contributed by atoms with Gasteiger partial charge in [-0.2, -0.15) is 0 Å². The molecule has 1 aromatic heterocycles. The summed E-state index contributed by atoms with van der Waals surface area (Å²) in [6.07, 6.45) is 6.04. The van der Waals surface area contributed by atoms with Gasteiger partial charge < -0.3 is 20.2 Å². The van der Waals surface area contributed by atoms with Crippen LogP contribution in [0.25, 0.3) is 10.9 Å². The van der Waals surface area contributed by atoms with Crippen molar-refractivity contribution in [2.45, 2.75) is 52.1 Å². The van der Waals surface area contributed by atoms with Crippen molar-refractivity contribution in [3.63, 3.8) is 0 Å². The highest BCUT2D eigenvalue weighted by Gasteiger charge is 2.06. The summed E-state index contributed by atoms with van der Waals surface area (Å²) < 4.78 is 10.9. The molecular formula is C19H28N2O3. The summed E-state index contributed by atoms with van der Waals surface area (Å²) in [5.74, 6) is 0.760. The standard InChI is InChI=1S/C19H28N2O3/c1-14(2)24-19(22)6-4-3-5-11-23-16-7-8-18-17(12-16)15(9-10-20)13-21-18/h7-8,12-14,21H,3-6,9-11,20H2,1-2H3. The van der Waals surface area contributed by atoms with Crippen LogP contribution in [0.3, 0.4) is 0 Å². The number of ether oxygens (including phenoxy) is 2. The first-order valence-corrected chi connectivity index (χ1v) is 8.72. The molecule has 132 valence electrons. The number of hydrogen-bond donors (Lipinski definition) is 2. The largest absolute Gasteiger partial charge is 0.494 e. The summed E-state index contributed by atoms with van der Waals surface area (Å²) in [6.45, 7) is 5.02. The molecule has 0 spiro atoms. The molecule has 5 heteroatoms. The van der Waals surface area contributed by atoms with Crippen LogP contribution in [0.2, 0.25) is 0 Å². The summed E-state index contributed by atoms with van der Waals surface area (Å²) in [7, 11) is 0. The number of benzene rings is 1. The number of fused-ring (bicyclic) bond motifs is 1. The van der Waals surface area contributed by atoms with Crippen LogP contribution in [0.4, 0.5) is 0 Å². The van der Waals surface area contributed by atoms with Gasteiger partial charge in [-0.25, -0.2) is 0 Å². The fourth-order valence-corrected chi connectivity index (χ4v) is 2.67. The highest BCUT2D eigenvalue weighted by molar-refractivity contribution is 5.84. The first-order valence-electron chi connectivity index (χ1n) is 8.72. The maximum Gasteiger partial charge on any atom is 0.306 e. The van der Waals surface area contributed by atoms with Crippen molar-refractivity contribution >= 4 is 16.9 Å². The van der Waals surface area contributed by atoms with Crippen LogP contribution in [0.15, 0.2) is 24.4 Å². The maximum absolute atomic E-state index is 11.4. The van der Waals surface area contributed by atoms with Gasteiger partial charge in [0.1, 0.15) is 5.75 Å². The molecule has 0 amide bonds. The molecule has 0 aliphatic rings. The van der Waals surface area contributed by atoms with Gasteiger partial charge in [-0.05, 0) is 69.8 Å². The van der Waals surface area contributed by atoms with E-state index in [1.807, 2.05) is 32.2 Å². The van der Waals surface area contributed by atoms with Crippen LogP contribution < -0.4 is 10.5 Å². The molecule has 0 bridgehead atoms. The predicted molar refractivity (Wildman–Crippen MR) is 96.2 cm³/mol. The Kier molecular flexibility index (Phi) is 7.12. The lowest BCUT2D eigenvalue weighted by molar-refractivity contribution is -0.147. The van der Waals surface area contributed by atoms with Crippen molar-refractivity contribution in [3.8, 4) is 5.75 Å². The van der Waals surface area contributed by atoms with Crippen LogP contribution in [0.1, 0.15) is 45.1 Å². The number of aromatic nitrogens is 1. The third kappa shape index (κ3) is 5.57. The van der Waals surface area contributed by atoms with E-state index < -0.39 is 0 Å². The normalized spacial score (nSPS) is 11.2. The van der Waals surface area contributed by atoms with Crippen LogP contribution in [-0.2, 0) is 16.0 Å². The van der Waals surface area contributed by atoms with Crippen LogP contribution in [0, 0.1) is 0 Å². The Morgan fingerprint density at radius 1 is 1.25 bits per heavy atom. The van der Waals surface area contributed by atoms with E-state index in [0.29, 0.717) is 19.6 Å². The summed E-state index contributed by atoms with van der Waals surface area (Å²) in [5, 5.41) is 1.18. The first-order chi connectivity index (χ1) is 11.6. The Morgan fingerprint density at radius 2 is 2.08 bits per heavy atom. The van der Waals surface area contributed by atoms with Gasteiger partial charge in [0.15, 0.2) is 0 Å². The molecular weight excluding hydrogens is 304 g/mol. The molecule has 24 heavy (non-hydrogen) atoms. The summed E-state index contributed by atoms with van der Waals surface area (Å²) in [6, 6.07) is 6.08. The average molecular weight is 332 g/mol. The van der Waals surface area contributed by atoms with Crippen LogP contribution >= 0.6 is 0 Å². The zero-order valence-electron chi connectivity index (χ0n) is 14.6. The molecule has 1 heterocycles. The molecule has 1 aromatic carbocycles. The highest BCUT2D eigenvalue weighted by atomic mass is 16.5. The molecule has 0 saturated heterocycles. The van der Waals surface area contributed by atoms with E-state index in [1.165, 1.54) is 10.9 Å². The zero-order valence-corrected chi connectivity index (χ0v) is 14.6. The summed E-state index contributed by atoms with van der Waals surface area (Å²) in [5.41, 5.74) is 7.97. The number of H-pyrrole nitrogens is 1. The summed E-state index contributed by atoms with van der Waals surface area (Å²) in [4.78, 5) is 14.7. The lowest BCUT2D eigenvalue weighted by atomic mass is 10.1. The number of aromatic amines is 1. The number of hydrogen-bond acceptors (Lipinski definition) is 4. The Hall–Kier alpha value is -2.01. The van der Waals surface area contributed by atoms with E-state index in [0.717, 1.165) is 36.9 Å². The van der Waals surface area contributed by atoms with Crippen molar-refractivity contribution in [1.29, 1.82) is 0 Å². The van der Waals surface area contributed by atoms with Gasteiger partial charge in [0.25, 0.3) is 0 Å². The quantitative estimate of drug-likeness (QED) is 0.515. The Balaban J connectivity index is 1.71. The molecule has 3 N–H and O–H groups in total. The Morgan fingerprint density at radius 3 is 2.83 bits per heavy atom. The fraction of sp³-hybridized carbons (Fsp3) is 0.526. The molecule has 0 fully saturated rings. The second-order valence-electron chi connectivity index (χ2n) is 6.26. The second-order valence-corrected chi connectivity index (χ2v) is 6.26. The minimum atomic E-state index is -0.115. The molecule has 0 atom stereocenters. The van der Waals surface area contributed by atoms with Gasteiger partial charge in [-0.1, -0.05) is 0 Å². The highest BCUT2D eigenvalue weighted by Crippen LogP contribution is 2.24. The number of unbranched alkanes of at least 4 members (excludes halogenated alkanes) is 2. The average Bonchev–Trinajstić information content (AvgIpc) is 2.93. The first kappa shape index (κ1) is 18.3. The topological polar surface area (TPSA) is 77.3 Å². The minimum Gasteiger partial charge on any atom is -0.494 e. The molecule has 0 aliphatic heterocycles. The van der Waals surface area contributed by atoms with Crippen molar-refractivity contribution in [1.82, 2.24) is 4.98 Å². The number of rotatable bonds is 10. The lowest BCUT2D eigenvalue weighted by Gasteiger charge is -2.08. The molecule has 5 nitrogen and oxygen atoms in total. The monoisotopic (exact) mass is 332 g/mol. The fourth-order valence-electron chi connectivity index (χ4n) is 2.67. The SMILES string of the molecule is CC(C)OC(=O)CCCCCOc1ccc2[nH]cc(CCN)c2c1. The zero-order chi connectivity index (χ0) is 17.4. The van der Waals surface area contributed by atoms with E-state index in [4.69, 9.17) is 15.2 Å². The maximum atomic E-state index is 11.4. The lowest BCUT2D eigenvalue weighted by Crippen LogP contribution is -2.11. The van der Waals surface area contributed by atoms with Gasteiger partial charge in [0, 0.05) is 23.5 Å². The van der Waals surface area contributed by atoms with Crippen molar-refractivity contribution in [2.75, 3.05) is 13.2 Å². The molecule has 0 aliphatic carbocycles. The van der Waals surface area contributed by atoms with E-state index in [2.05, 4.69) is 11.1 Å². The molecule has 0 radical (unpaired) electrons. The number of nitrogens with one attached hydrogen (secondary N) is 1. The van der Waals surface area contributed by atoms with Gasteiger partial charge in [0.05, 0.1) is 12.7 Å². The second kappa shape index (κ2) is 9.33. The smallest absolute Gasteiger partial charge is 0.306 e. The third-order valence-electron chi connectivity index (χ3n) is 3.81. The Labute approximate surface area is 143 Å². The predicted octanol–water partition coefficient (Wildman–Crippen LogP) is 3.56. The third-order valence-corrected chi connectivity index (χ3v) is 3.81. The van der Waals surface area contributed by atoms with Crippen LogP contribution in [-0.4, -0.2) is 30.2 Å². The van der Waals surface area contributed by atoms with Crippen molar-refractivity contribution < 1.29 is 14.3 Å². The van der Waals surface area contributed by atoms with Crippen molar-refractivity contribution in [2.24, 2.45) is 5.73 Å². The number of nitrogens with two attached hydrogens (primary N) is 1. The van der Waals surface area contributed by atoms with Gasteiger partial charge in [-0.15, -0.1) is 0 Å². The molecule has 0 unspecified atom stereocenters. The minimum absolute atomic E-state index is 0.0339. The van der Waals surface area contributed by atoms with Gasteiger partial charge >= 0.3 is 5.97 Å². The van der Waals surface area contributed by atoms with Gasteiger partial charge in [0.2, 0.25) is 0 Å². The van der Waals surface area contributed by atoms with Crippen molar-refractivity contribution in [3.05, 3.63) is 30.0 Å².